The number of carbonyl (C=O) groups is 2. The van der Waals surface area contributed by atoms with Crippen LogP contribution in [0.2, 0.25) is 0 Å². The highest BCUT2D eigenvalue weighted by atomic mass is 16.6. The molecule has 0 heterocycles. The van der Waals surface area contributed by atoms with Gasteiger partial charge in [-0.3, -0.25) is 4.90 Å². The number of amides is 1. The summed E-state index contributed by atoms with van der Waals surface area (Å²) in [7, 11) is 2.92. The SMILES string of the molecule is COc1ccc(OC)c(C(C(=O)O)N(C(=O)OC(C)(C)C)C(C)C)c1. The van der Waals surface area contributed by atoms with Crippen molar-refractivity contribution in [2.45, 2.75) is 52.3 Å². The van der Waals surface area contributed by atoms with E-state index in [0.717, 1.165) is 0 Å². The van der Waals surface area contributed by atoms with Gasteiger partial charge >= 0.3 is 12.1 Å². The maximum Gasteiger partial charge on any atom is 0.411 e. The number of hydrogen-bond acceptors (Lipinski definition) is 5. The molecule has 0 aromatic heterocycles. The minimum absolute atomic E-state index is 0.314. The number of aliphatic carboxylic acids is 1. The van der Waals surface area contributed by atoms with Gasteiger partial charge in [-0.1, -0.05) is 0 Å². The fourth-order valence-corrected chi connectivity index (χ4v) is 2.38. The Morgan fingerprint density at radius 1 is 1.12 bits per heavy atom. The van der Waals surface area contributed by atoms with Crippen LogP contribution < -0.4 is 9.47 Å². The molecule has 140 valence electrons. The molecule has 0 bridgehead atoms. The van der Waals surface area contributed by atoms with Crippen LogP contribution in [0.1, 0.15) is 46.2 Å². The summed E-state index contributed by atoms with van der Waals surface area (Å²) in [5.41, 5.74) is -0.430. The van der Waals surface area contributed by atoms with Crippen molar-refractivity contribution in [2.75, 3.05) is 14.2 Å². The molecule has 1 amide bonds. The summed E-state index contributed by atoms with van der Waals surface area (Å²) in [6.45, 7) is 8.64. The molecule has 1 N–H and O–H groups in total. The van der Waals surface area contributed by atoms with Crippen molar-refractivity contribution in [1.29, 1.82) is 0 Å². The zero-order valence-electron chi connectivity index (χ0n) is 15.8. The fourth-order valence-electron chi connectivity index (χ4n) is 2.38. The number of benzene rings is 1. The van der Waals surface area contributed by atoms with Gasteiger partial charge in [0.05, 0.1) is 14.2 Å². The van der Waals surface area contributed by atoms with Crippen LogP contribution in [0, 0.1) is 0 Å². The molecule has 1 rings (SSSR count). The molecule has 1 aromatic rings. The average molecular weight is 353 g/mol. The van der Waals surface area contributed by atoms with E-state index in [1.54, 1.807) is 52.8 Å². The zero-order chi connectivity index (χ0) is 19.4. The molecule has 25 heavy (non-hydrogen) atoms. The lowest BCUT2D eigenvalue weighted by Crippen LogP contribution is -2.46. The van der Waals surface area contributed by atoms with Gasteiger partial charge in [-0.15, -0.1) is 0 Å². The molecule has 0 radical (unpaired) electrons. The maximum atomic E-state index is 12.6. The molecular weight excluding hydrogens is 326 g/mol. The molecule has 1 unspecified atom stereocenters. The van der Waals surface area contributed by atoms with Gasteiger partial charge in [-0.05, 0) is 52.8 Å². The number of carbonyl (C=O) groups excluding carboxylic acids is 1. The first-order valence-corrected chi connectivity index (χ1v) is 7.97. The Kier molecular flexibility index (Phi) is 6.67. The summed E-state index contributed by atoms with van der Waals surface area (Å²) in [5, 5.41) is 9.83. The van der Waals surface area contributed by atoms with E-state index in [9.17, 15) is 14.7 Å². The van der Waals surface area contributed by atoms with Crippen molar-refractivity contribution in [3.8, 4) is 11.5 Å². The van der Waals surface area contributed by atoms with Crippen LogP contribution in [-0.4, -0.2) is 47.9 Å². The summed E-state index contributed by atoms with van der Waals surface area (Å²) in [6.07, 6.45) is -0.709. The fraction of sp³-hybridized carbons (Fsp3) is 0.556. The number of methoxy groups -OCH3 is 2. The molecule has 1 aromatic carbocycles. The van der Waals surface area contributed by atoms with Crippen molar-refractivity contribution >= 4 is 12.1 Å². The van der Waals surface area contributed by atoms with Gasteiger partial charge in [0.15, 0.2) is 6.04 Å². The minimum Gasteiger partial charge on any atom is -0.497 e. The monoisotopic (exact) mass is 353 g/mol. The van der Waals surface area contributed by atoms with Crippen LogP contribution in [0.5, 0.6) is 11.5 Å². The second-order valence-corrected chi connectivity index (χ2v) is 6.83. The highest BCUT2D eigenvalue weighted by molar-refractivity contribution is 5.83. The third-order valence-electron chi connectivity index (χ3n) is 3.40. The summed E-state index contributed by atoms with van der Waals surface area (Å²) >= 11 is 0. The average Bonchev–Trinajstić information content (AvgIpc) is 2.49. The van der Waals surface area contributed by atoms with E-state index in [1.807, 2.05) is 0 Å². The topological polar surface area (TPSA) is 85.3 Å². The second-order valence-electron chi connectivity index (χ2n) is 6.83. The molecule has 0 saturated heterocycles. The molecule has 0 aliphatic carbocycles. The normalized spacial score (nSPS) is 12.5. The predicted molar refractivity (Wildman–Crippen MR) is 93.1 cm³/mol. The van der Waals surface area contributed by atoms with Gasteiger partial charge in [0, 0.05) is 11.6 Å². The van der Waals surface area contributed by atoms with Gasteiger partial charge in [0.2, 0.25) is 0 Å². The standard InChI is InChI=1S/C18H27NO6/c1-11(2)19(17(22)25-18(3,4)5)15(16(20)21)13-10-12(23-6)8-9-14(13)24-7/h8-11,15H,1-7H3,(H,20,21). The molecule has 1 atom stereocenters. The van der Waals surface area contributed by atoms with Crippen LogP contribution in [0.15, 0.2) is 18.2 Å². The van der Waals surface area contributed by atoms with Crippen LogP contribution >= 0.6 is 0 Å². The van der Waals surface area contributed by atoms with E-state index in [2.05, 4.69) is 0 Å². The van der Waals surface area contributed by atoms with E-state index >= 15 is 0 Å². The number of rotatable bonds is 6. The molecular formula is C18H27NO6. The smallest absolute Gasteiger partial charge is 0.411 e. The van der Waals surface area contributed by atoms with E-state index in [0.29, 0.717) is 17.1 Å². The Labute approximate surface area is 148 Å². The van der Waals surface area contributed by atoms with Crippen LogP contribution in [0.4, 0.5) is 4.79 Å². The number of nitrogens with zero attached hydrogens (tertiary/aromatic N) is 1. The van der Waals surface area contributed by atoms with Crippen LogP contribution in [0.25, 0.3) is 0 Å². The number of ether oxygens (including phenoxy) is 3. The predicted octanol–water partition coefficient (Wildman–Crippen LogP) is 3.48. The van der Waals surface area contributed by atoms with Gasteiger partial charge < -0.3 is 19.3 Å². The van der Waals surface area contributed by atoms with Crippen LogP contribution in [-0.2, 0) is 9.53 Å². The van der Waals surface area contributed by atoms with Crippen molar-refractivity contribution < 1.29 is 28.9 Å². The lowest BCUT2D eigenvalue weighted by atomic mass is 10.0. The first-order chi connectivity index (χ1) is 11.5. The molecule has 7 nitrogen and oxygen atoms in total. The zero-order valence-corrected chi connectivity index (χ0v) is 15.8. The Morgan fingerprint density at radius 2 is 1.72 bits per heavy atom. The van der Waals surface area contributed by atoms with E-state index in [-0.39, 0.29) is 0 Å². The summed E-state index contributed by atoms with van der Waals surface area (Å²) in [5.74, 6) is -0.372. The van der Waals surface area contributed by atoms with Crippen LogP contribution in [0.3, 0.4) is 0 Å². The molecule has 0 spiro atoms. The number of carboxylic acids is 1. The highest BCUT2D eigenvalue weighted by Crippen LogP contribution is 2.35. The Morgan fingerprint density at radius 3 is 2.12 bits per heavy atom. The Bertz CT molecular complexity index is 620. The molecule has 7 heteroatoms. The lowest BCUT2D eigenvalue weighted by Gasteiger charge is -2.34. The molecule has 0 aliphatic heterocycles. The third-order valence-corrected chi connectivity index (χ3v) is 3.40. The van der Waals surface area contributed by atoms with Crippen molar-refractivity contribution in [2.24, 2.45) is 0 Å². The quantitative estimate of drug-likeness (QED) is 0.843. The molecule has 0 saturated carbocycles. The maximum absolute atomic E-state index is 12.6. The van der Waals surface area contributed by atoms with Gasteiger partial charge in [-0.2, -0.15) is 0 Å². The highest BCUT2D eigenvalue weighted by Gasteiger charge is 2.37. The summed E-state index contributed by atoms with van der Waals surface area (Å²) < 4.78 is 15.9. The van der Waals surface area contributed by atoms with E-state index < -0.39 is 29.7 Å². The van der Waals surface area contributed by atoms with Gasteiger partial charge in [0.25, 0.3) is 0 Å². The van der Waals surface area contributed by atoms with Crippen molar-refractivity contribution in [3.63, 3.8) is 0 Å². The molecule has 0 aliphatic rings. The third kappa shape index (κ3) is 5.27. The van der Waals surface area contributed by atoms with E-state index in [1.165, 1.54) is 19.1 Å². The lowest BCUT2D eigenvalue weighted by molar-refractivity contribution is -0.144. The first-order valence-electron chi connectivity index (χ1n) is 7.97. The number of hydrogen-bond donors (Lipinski definition) is 1. The first kappa shape index (κ1) is 20.6. The van der Waals surface area contributed by atoms with Crippen molar-refractivity contribution in [1.82, 2.24) is 4.90 Å². The van der Waals surface area contributed by atoms with Gasteiger partial charge in [-0.25, -0.2) is 9.59 Å². The Balaban J connectivity index is 3.46. The minimum atomic E-state index is -1.28. The second kappa shape index (κ2) is 8.09. The van der Waals surface area contributed by atoms with Crippen molar-refractivity contribution in [3.05, 3.63) is 23.8 Å². The van der Waals surface area contributed by atoms with E-state index in [4.69, 9.17) is 14.2 Å². The summed E-state index contributed by atoms with van der Waals surface area (Å²) in [4.78, 5) is 25.9. The summed E-state index contributed by atoms with van der Waals surface area (Å²) in [6, 6.07) is 3.13. The number of carboxylic acid groups (broad SMARTS) is 1. The molecule has 0 fully saturated rings. The van der Waals surface area contributed by atoms with Gasteiger partial charge in [0.1, 0.15) is 17.1 Å². The largest absolute Gasteiger partial charge is 0.497 e. The Hall–Kier alpha value is -2.44.